The van der Waals surface area contributed by atoms with Gasteiger partial charge >= 0.3 is 0 Å². The normalized spacial score (nSPS) is 13.1. The molecule has 1 aromatic carbocycles. The molecular formula is C12H18BrFN2. The zero-order chi connectivity index (χ0) is 12.1. The number of rotatable bonds is 5. The fraction of sp³-hybridized carbons (Fsp3) is 0.500. The summed E-state index contributed by atoms with van der Waals surface area (Å²) in [6, 6.07) is 5.30. The first-order valence-electron chi connectivity index (χ1n) is 5.53. The molecule has 0 aliphatic heterocycles. The Morgan fingerprint density at radius 3 is 2.44 bits per heavy atom. The van der Waals surface area contributed by atoms with Gasteiger partial charge in [-0.3, -0.25) is 4.90 Å². The van der Waals surface area contributed by atoms with Crippen LogP contribution in [-0.4, -0.2) is 24.5 Å². The van der Waals surface area contributed by atoms with Gasteiger partial charge in [0.25, 0.3) is 0 Å². The first-order chi connectivity index (χ1) is 7.63. The fourth-order valence-corrected chi connectivity index (χ4v) is 2.13. The Kier molecular flexibility index (Phi) is 5.38. The smallest absolute Gasteiger partial charge is 0.137 e. The van der Waals surface area contributed by atoms with Gasteiger partial charge < -0.3 is 5.73 Å². The van der Waals surface area contributed by atoms with Crippen molar-refractivity contribution in [1.82, 2.24) is 4.90 Å². The number of likely N-dealkylation sites (N-methyl/N-ethyl adjacent to an activating group) is 1. The van der Waals surface area contributed by atoms with Crippen molar-refractivity contribution in [2.45, 2.75) is 19.9 Å². The number of hydrogen-bond acceptors (Lipinski definition) is 2. The predicted molar refractivity (Wildman–Crippen MR) is 68.8 cm³/mol. The Balaban J connectivity index is 2.98. The van der Waals surface area contributed by atoms with Gasteiger partial charge in [0.1, 0.15) is 5.82 Å². The lowest BCUT2D eigenvalue weighted by Crippen LogP contribution is -2.33. The third-order valence-corrected chi connectivity index (χ3v) is 3.45. The lowest BCUT2D eigenvalue weighted by molar-refractivity contribution is 0.223. The lowest BCUT2D eigenvalue weighted by atomic mass is 10.1. The highest BCUT2D eigenvalue weighted by molar-refractivity contribution is 9.10. The van der Waals surface area contributed by atoms with Crippen LogP contribution in [-0.2, 0) is 0 Å². The lowest BCUT2D eigenvalue weighted by Gasteiger charge is -2.29. The molecule has 1 atom stereocenters. The van der Waals surface area contributed by atoms with E-state index >= 15 is 0 Å². The zero-order valence-corrected chi connectivity index (χ0v) is 11.3. The first-order valence-corrected chi connectivity index (χ1v) is 6.32. The molecule has 2 N–H and O–H groups in total. The molecule has 1 unspecified atom stereocenters. The van der Waals surface area contributed by atoms with E-state index in [0.29, 0.717) is 11.0 Å². The van der Waals surface area contributed by atoms with Crippen molar-refractivity contribution in [3.63, 3.8) is 0 Å². The molecule has 0 aliphatic carbocycles. The molecule has 0 saturated carbocycles. The van der Waals surface area contributed by atoms with Crippen LogP contribution in [0.4, 0.5) is 4.39 Å². The molecule has 0 aliphatic rings. The summed E-state index contributed by atoms with van der Waals surface area (Å²) < 4.78 is 13.9. The molecule has 0 amide bonds. The maximum absolute atomic E-state index is 13.4. The third kappa shape index (κ3) is 3.03. The highest BCUT2D eigenvalue weighted by Crippen LogP contribution is 2.23. The third-order valence-electron chi connectivity index (χ3n) is 2.80. The van der Waals surface area contributed by atoms with Crippen LogP contribution in [0.3, 0.4) is 0 Å². The maximum atomic E-state index is 13.4. The Hall–Kier alpha value is -0.450. The molecule has 1 aromatic rings. The monoisotopic (exact) mass is 288 g/mol. The van der Waals surface area contributed by atoms with Gasteiger partial charge in [-0.15, -0.1) is 0 Å². The molecule has 90 valence electrons. The Morgan fingerprint density at radius 2 is 2.00 bits per heavy atom. The molecule has 0 spiro atoms. The van der Waals surface area contributed by atoms with Crippen LogP contribution < -0.4 is 5.73 Å². The van der Waals surface area contributed by atoms with Crippen molar-refractivity contribution in [2.75, 3.05) is 19.6 Å². The van der Waals surface area contributed by atoms with Gasteiger partial charge in [0.05, 0.1) is 4.47 Å². The second-order valence-electron chi connectivity index (χ2n) is 3.65. The van der Waals surface area contributed by atoms with Crippen molar-refractivity contribution in [3.05, 3.63) is 34.1 Å². The highest BCUT2D eigenvalue weighted by Gasteiger charge is 2.17. The van der Waals surface area contributed by atoms with Gasteiger partial charge in [0.2, 0.25) is 0 Å². The summed E-state index contributed by atoms with van der Waals surface area (Å²) in [5, 5.41) is 0. The number of hydrogen-bond donors (Lipinski definition) is 1. The van der Waals surface area contributed by atoms with Crippen LogP contribution >= 0.6 is 15.9 Å². The Bertz CT molecular complexity index is 340. The van der Waals surface area contributed by atoms with Gasteiger partial charge in [0, 0.05) is 12.6 Å². The van der Waals surface area contributed by atoms with Gasteiger partial charge in [-0.25, -0.2) is 4.39 Å². The Labute approximate surface area is 105 Å². The molecule has 1 rings (SSSR count). The number of halogens is 2. The first kappa shape index (κ1) is 13.6. The topological polar surface area (TPSA) is 29.3 Å². The van der Waals surface area contributed by atoms with E-state index in [1.165, 1.54) is 0 Å². The van der Waals surface area contributed by atoms with E-state index in [0.717, 1.165) is 18.7 Å². The summed E-state index contributed by atoms with van der Waals surface area (Å²) in [6.45, 7) is 6.50. The van der Waals surface area contributed by atoms with Crippen LogP contribution in [0.25, 0.3) is 0 Å². The number of nitrogens with zero attached hydrogens (tertiary/aromatic N) is 1. The average molecular weight is 289 g/mol. The standard InChI is InChI=1S/C12H18BrFN2/c1-3-16(4-2)12(8-15)9-5-6-10(13)11(14)7-9/h5-7,12H,3-4,8,15H2,1-2H3. The molecule has 0 saturated heterocycles. The maximum Gasteiger partial charge on any atom is 0.137 e. The molecule has 0 heterocycles. The summed E-state index contributed by atoms with van der Waals surface area (Å²) in [5.41, 5.74) is 6.71. The molecule has 0 bridgehead atoms. The van der Waals surface area contributed by atoms with Crippen LogP contribution in [0, 0.1) is 5.82 Å². The van der Waals surface area contributed by atoms with Crippen molar-refractivity contribution in [1.29, 1.82) is 0 Å². The SMILES string of the molecule is CCN(CC)C(CN)c1ccc(Br)c(F)c1. The average Bonchev–Trinajstić information content (AvgIpc) is 2.29. The second-order valence-corrected chi connectivity index (χ2v) is 4.50. The van der Waals surface area contributed by atoms with Gasteiger partial charge in [-0.05, 0) is 46.7 Å². The van der Waals surface area contributed by atoms with Crippen LogP contribution in [0.15, 0.2) is 22.7 Å². The van der Waals surface area contributed by atoms with E-state index < -0.39 is 0 Å². The fourth-order valence-electron chi connectivity index (χ4n) is 1.88. The van der Waals surface area contributed by atoms with E-state index in [1.54, 1.807) is 12.1 Å². The highest BCUT2D eigenvalue weighted by atomic mass is 79.9. The summed E-state index contributed by atoms with van der Waals surface area (Å²) in [6.07, 6.45) is 0. The quantitative estimate of drug-likeness (QED) is 0.903. The Morgan fingerprint density at radius 1 is 1.38 bits per heavy atom. The van der Waals surface area contributed by atoms with E-state index in [9.17, 15) is 4.39 Å². The molecule has 4 heteroatoms. The van der Waals surface area contributed by atoms with Crippen molar-refractivity contribution < 1.29 is 4.39 Å². The minimum absolute atomic E-state index is 0.0950. The molecule has 2 nitrogen and oxygen atoms in total. The summed E-state index contributed by atoms with van der Waals surface area (Å²) in [7, 11) is 0. The minimum atomic E-state index is -0.233. The number of nitrogens with two attached hydrogens (primary N) is 1. The molecular weight excluding hydrogens is 271 g/mol. The molecule has 0 aromatic heterocycles. The molecule has 0 fully saturated rings. The molecule has 0 radical (unpaired) electrons. The van der Waals surface area contributed by atoms with Crippen LogP contribution in [0.5, 0.6) is 0 Å². The van der Waals surface area contributed by atoms with Gasteiger partial charge in [-0.2, -0.15) is 0 Å². The summed E-state index contributed by atoms with van der Waals surface area (Å²) in [4.78, 5) is 2.22. The van der Waals surface area contributed by atoms with E-state index in [2.05, 4.69) is 34.7 Å². The van der Waals surface area contributed by atoms with Crippen LogP contribution in [0.1, 0.15) is 25.5 Å². The minimum Gasteiger partial charge on any atom is -0.329 e. The second kappa shape index (κ2) is 6.33. The zero-order valence-electron chi connectivity index (χ0n) is 9.71. The number of benzene rings is 1. The summed E-state index contributed by atoms with van der Waals surface area (Å²) in [5.74, 6) is -0.233. The van der Waals surface area contributed by atoms with Crippen molar-refractivity contribution >= 4 is 15.9 Å². The van der Waals surface area contributed by atoms with E-state index in [1.807, 2.05) is 6.07 Å². The van der Waals surface area contributed by atoms with Gasteiger partial charge in [0.15, 0.2) is 0 Å². The van der Waals surface area contributed by atoms with Gasteiger partial charge in [-0.1, -0.05) is 19.9 Å². The summed E-state index contributed by atoms with van der Waals surface area (Å²) >= 11 is 3.15. The van der Waals surface area contributed by atoms with E-state index in [-0.39, 0.29) is 11.9 Å². The van der Waals surface area contributed by atoms with E-state index in [4.69, 9.17) is 5.73 Å². The van der Waals surface area contributed by atoms with Crippen molar-refractivity contribution in [2.24, 2.45) is 5.73 Å². The largest absolute Gasteiger partial charge is 0.329 e. The molecule has 16 heavy (non-hydrogen) atoms. The predicted octanol–water partition coefficient (Wildman–Crippen LogP) is 2.93. The van der Waals surface area contributed by atoms with Crippen molar-refractivity contribution in [3.8, 4) is 0 Å². The van der Waals surface area contributed by atoms with Crippen LogP contribution in [0.2, 0.25) is 0 Å².